The summed E-state index contributed by atoms with van der Waals surface area (Å²) in [5.74, 6) is 0.210. The highest BCUT2D eigenvalue weighted by Crippen LogP contribution is 2.46. The average Bonchev–Trinajstić information content (AvgIpc) is 3.07. The second kappa shape index (κ2) is 5.84. The molecule has 1 saturated heterocycles. The molecule has 3 heterocycles. The first-order valence-electron chi connectivity index (χ1n) is 6.95. The first-order chi connectivity index (χ1) is 11.0. The summed E-state index contributed by atoms with van der Waals surface area (Å²) in [6, 6.07) is 0. The van der Waals surface area contributed by atoms with E-state index >= 15 is 0 Å². The smallest absolute Gasteiger partial charge is 0.246 e. The van der Waals surface area contributed by atoms with Crippen LogP contribution in [0.5, 0.6) is 5.88 Å². The summed E-state index contributed by atoms with van der Waals surface area (Å²) in [6.07, 6.45) is -1.23. The minimum atomic E-state index is -1.06. The summed E-state index contributed by atoms with van der Waals surface area (Å²) < 4.78 is 12.4. The van der Waals surface area contributed by atoms with E-state index in [2.05, 4.69) is 15.0 Å². The van der Waals surface area contributed by atoms with Crippen LogP contribution in [0.15, 0.2) is 6.33 Å². The third-order valence-corrected chi connectivity index (χ3v) is 4.39. The van der Waals surface area contributed by atoms with Crippen LogP contribution in [0.3, 0.4) is 0 Å². The fourth-order valence-electron chi connectivity index (χ4n) is 2.84. The Morgan fingerprint density at radius 2 is 2.17 bits per heavy atom. The molecular formula is C13H17ClN4O5. The topological polar surface area (TPSA) is 123 Å². The van der Waals surface area contributed by atoms with Gasteiger partial charge in [0.15, 0.2) is 11.2 Å². The summed E-state index contributed by atoms with van der Waals surface area (Å²) in [7, 11) is 1.44. The molecule has 4 atom stereocenters. The lowest BCUT2D eigenvalue weighted by Crippen LogP contribution is -2.41. The van der Waals surface area contributed by atoms with Gasteiger partial charge in [0, 0.05) is 0 Å². The Bertz CT molecular complexity index is 726. The molecule has 1 aliphatic rings. The van der Waals surface area contributed by atoms with E-state index in [9.17, 15) is 15.3 Å². The molecule has 3 rings (SSSR count). The lowest BCUT2D eigenvalue weighted by atomic mass is 9.83. The standard InChI is InChI=1S/C13H17ClN4O5/c1-13(4-20)8(21)6(3-19)23-11(13)18-5-15-7-9(18)16-12(14)17-10(7)22-2/h5-6,8,11,19-21H,3-4H2,1-2H3/t6-,8-,11-,13-/m1/s1. The van der Waals surface area contributed by atoms with Gasteiger partial charge >= 0.3 is 0 Å². The average molecular weight is 345 g/mol. The summed E-state index contributed by atoms with van der Waals surface area (Å²) in [5.41, 5.74) is -0.328. The number of hydrogen-bond donors (Lipinski definition) is 3. The van der Waals surface area contributed by atoms with Gasteiger partial charge in [-0.3, -0.25) is 4.57 Å². The molecule has 0 radical (unpaired) electrons. The van der Waals surface area contributed by atoms with Crippen molar-refractivity contribution >= 4 is 22.8 Å². The van der Waals surface area contributed by atoms with Crippen molar-refractivity contribution in [2.75, 3.05) is 20.3 Å². The van der Waals surface area contributed by atoms with E-state index in [1.54, 1.807) is 11.5 Å². The molecule has 2 aromatic rings. The Hall–Kier alpha value is -1.52. The highest BCUT2D eigenvalue weighted by atomic mass is 35.5. The molecule has 2 aromatic heterocycles. The maximum Gasteiger partial charge on any atom is 0.246 e. The van der Waals surface area contributed by atoms with E-state index in [1.807, 2.05) is 0 Å². The van der Waals surface area contributed by atoms with Crippen LogP contribution in [-0.2, 0) is 4.74 Å². The zero-order valence-electron chi connectivity index (χ0n) is 12.5. The van der Waals surface area contributed by atoms with Gasteiger partial charge in [0.2, 0.25) is 11.2 Å². The molecule has 23 heavy (non-hydrogen) atoms. The first-order valence-corrected chi connectivity index (χ1v) is 7.33. The summed E-state index contributed by atoms with van der Waals surface area (Å²) in [6.45, 7) is 0.924. The third-order valence-electron chi connectivity index (χ3n) is 4.22. The van der Waals surface area contributed by atoms with Crippen LogP contribution in [0.2, 0.25) is 5.28 Å². The van der Waals surface area contributed by atoms with E-state index in [1.165, 1.54) is 13.4 Å². The van der Waals surface area contributed by atoms with Crippen LogP contribution >= 0.6 is 11.6 Å². The third kappa shape index (κ3) is 2.36. The summed E-state index contributed by atoms with van der Waals surface area (Å²) in [5, 5.41) is 29.4. The number of aliphatic hydroxyl groups excluding tert-OH is 3. The molecule has 10 heteroatoms. The Kier molecular flexibility index (Phi) is 4.15. The van der Waals surface area contributed by atoms with Crippen LogP contribution in [0, 0.1) is 5.41 Å². The molecule has 0 aromatic carbocycles. The van der Waals surface area contributed by atoms with Gasteiger partial charge in [-0.25, -0.2) is 4.98 Å². The number of rotatable bonds is 4. The van der Waals surface area contributed by atoms with Gasteiger partial charge in [-0.05, 0) is 11.6 Å². The fraction of sp³-hybridized carbons (Fsp3) is 0.615. The molecular weight excluding hydrogens is 328 g/mol. The van der Waals surface area contributed by atoms with Crippen LogP contribution in [0.4, 0.5) is 0 Å². The van der Waals surface area contributed by atoms with E-state index in [4.69, 9.17) is 21.1 Å². The molecule has 0 saturated carbocycles. The number of halogens is 1. The predicted octanol–water partition coefficient (Wildman–Crippen LogP) is -0.263. The van der Waals surface area contributed by atoms with Crippen molar-refractivity contribution in [3.05, 3.63) is 11.6 Å². The van der Waals surface area contributed by atoms with E-state index < -0.39 is 23.9 Å². The molecule has 0 spiro atoms. The molecule has 1 fully saturated rings. The summed E-state index contributed by atoms with van der Waals surface area (Å²) >= 11 is 5.90. The van der Waals surface area contributed by atoms with Gasteiger partial charge in [-0.1, -0.05) is 6.92 Å². The number of methoxy groups -OCH3 is 1. The lowest BCUT2D eigenvalue weighted by molar-refractivity contribution is -0.0595. The largest absolute Gasteiger partial charge is 0.479 e. The SMILES string of the molecule is COc1nc(Cl)nc2c1ncn2[C@@H]1O[C@H](CO)[C@@H](O)[C@@]1(C)CO. The van der Waals surface area contributed by atoms with E-state index in [0.29, 0.717) is 11.2 Å². The monoisotopic (exact) mass is 344 g/mol. The number of imidazole rings is 1. The number of aliphatic hydroxyl groups is 3. The van der Waals surface area contributed by atoms with E-state index in [0.717, 1.165) is 0 Å². The highest BCUT2D eigenvalue weighted by Gasteiger charge is 2.53. The van der Waals surface area contributed by atoms with Gasteiger partial charge in [-0.2, -0.15) is 9.97 Å². The molecule has 0 unspecified atom stereocenters. The quantitative estimate of drug-likeness (QED) is 0.648. The molecule has 0 aliphatic carbocycles. The van der Waals surface area contributed by atoms with Crippen molar-refractivity contribution in [2.45, 2.75) is 25.4 Å². The Morgan fingerprint density at radius 1 is 1.43 bits per heavy atom. The van der Waals surface area contributed by atoms with Crippen molar-refractivity contribution in [3.8, 4) is 5.88 Å². The van der Waals surface area contributed by atoms with Crippen molar-refractivity contribution < 1.29 is 24.8 Å². The number of aromatic nitrogens is 4. The van der Waals surface area contributed by atoms with Crippen molar-refractivity contribution in [1.82, 2.24) is 19.5 Å². The van der Waals surface area contributed by atoms with E-state index in [-0.39, 0.29) is 24.4 Å². The molecule has 0 bridgehead atoms. The predicted molar refractivity (Wildman–Crippen MR) is 79.1 cm³/mol. The highest BCUT2D eigenvalue weighted by molar-refractivity contribution is 6.28. The minimum Gasteiger partial charge on any atom is -0.479 e. The minimum absolute atomic E-state index is 0.0287. The van der Waals surface area contributed by atoms with Crippen LogP contribution in [-0.4, -0.2) is 67.4 Å². The normalized spacial score (nSPS) is 31.0. The second-order valence-corrected chi connectivity index (χ2v) is 5.98. The van der Waals surface area contributed by atoms with Gasteiger partial charge in [0.1, 0.15) is 12.3 Å². The van der Waals surface area contributed by atoms with Crippen molar-refractivity contribution in [1.29, 1.82) is 0 Å². The van der Waals surface area contributed by atoms with Gasteiger partial charge in [0.05, 0.1) is 38.2 Å². The van der Waals surface area contributed by atoms with Gasteiger partial charge in [0.25, 0.3) is 0 Å². The number of nitrogens with zero attached hydrogens (tertiary/aromatic N) is 4. The molecule has 0 amide bonds. The first kappa shape index (κ1) is 16.3. The maximum atomic E-state index is 10.3. The number of ether oxygens (including phenoxy) is 2. The summed E-state index contributed by atoms with van der Waals surface area (Å²) in [4.78, 5) is 12.3. The van der Waals surface area contributed by atoms with Gasteiger partial charge in [-0.15, -0.1) is 0 Å². The molecule has 1 aliphatic heterocycles. The van der Waals surface area contributed by atoms with Crippen LogP contribution in [0.25, 0.3) is 11.2 Å². The Balaban J connectivity index is 2.14. The Labute approximate surface area is 136 Å². The van der Waals surface area contributed by atoms with Crippen molar-refractivity contribution in [2.24, 2.45) is 5.41 Å². The Morgan fingerprint density at radius 3 is 2.78 bits per heavy atom. The lowest BCUT2D eigenvalue weighted by Gasteiger charge is -2.31. The van der Waals surface area contributed by atoms with Crippen LogP contribution in [0.1, 0.15) is 13.2 Å². The maximum absolute atomic E-state index is 10.3. The van der Waals surface area contributed by atoms with Gasteiger partial charge < -0.3 is 24.8 Å². The number of hydrogen-bond acceptors (Lipinski definition) is 8. The molecule has 3 N–H and O–H groups in total. The molecule has 9 nitrogen and oxygen atoms in total. The second-order valence-electron chi connectivity index (χ2n) is 5.64. The van der Waals surface area contributed by atoms with Crippen LogP contribution < -0.4 is 4.74 Å². The zero-order valence-corrected chi connectivity index (χ0v) is 13.3. The fourth-order valence-corrected chi connectivity index (χ4v) is 3.00. The number of fused-ring (bicyclic) bond motifs is 1. The molecule has 126 valence electrons. The van der Waals surface area contributed by atoms with Crippen molar-refractivity contribution in [3.63, 3.8) is 0 Å². The zero-order chi connectivity index (χ0) is 16.8.